The number of carbonyl (C=O) groups excluding carboxylic acids is 1. The fourth-order valence-electron chi connectivity index (χ4n) is 2.51. The molecule has 3 saturated carbocycles. The number of ketones is 1. The largest absolute Gasteiger partial charge is 0.294 e. The van der Waals surface area contributed by atoms with Crippen molar-refractivity contribution in [2.24, 2.45) is 17.8 Å². The summed E-state index contributed by atoms with van der Waals surface area (Å²) in [6.07, 6.45) is 2.62. The molecule has 0 atom stereocenters. The van der Waals surface area contributed by atoms with Gasteiger partial charge in [-0.2, -0.15) is 0 Å². The topological polar surface area (TPSA) is 17.1 Å². The summed E-state index contributed by atoms with van der Waals surface area (Å²) in [6, 6.07) is 9.70. The second-order valence-corrected chi connectivity index (χ2v) is 4.25. The maximum atomic E-state index is 11.9. The van der Waals surface area contributed by atoms with Crippen molar-refractivity contribution in [3.8, 4) is 0 Å². The van der Waals surface area contributed by atoms with Crippen molar-refractivity contribution in [3.05, 3.63) is 35.9 Å². The number of carbonyl (C=O) groups is 1. The van der Waals surface area contributed by atoms with Gasteiger partial charge in [-0.1, -0.05) is 30.3 Å². The van der Waals surface area contributed by atoms with Crippen molar-refractivity contribution in [1.82, 2.24) is 0 Å². The third-order valence-electron chi connectivity index (χ3n) is 3.59. The quantitative estimate of drug-likeness (QED) is 0.626. The zero-order chi connectivity index (χ0) is 8.84. The van der Waals surface area contributed by atoms with Crippen LogP contribution < -0.4 is 0 Å². The number of benzene rings is 1. The minimum Gasteiger partial charge on any atom is -0.294 e. The lowest BCUT2D eigenvalue weighted by Gasteiger charge is -2.57. The molecule has 0 aliphatic heterocycles. The van der Waals surface area contributed by atoms with Crippen LogP contribution in [0.2, 0.25) is 0 Å². The summed E-state index contributed by atoms with van der Waals surface area (Å²) < 4.78 is 0. The molecular weight excluding hydrogens is 160 g/mol. The molecule has 0 heterocycles. The first-order valence-corrected chi connectivity index (χ1v) is 4.95. The van der Waals surface area contributed by atoms with Gasteiger partial charge in [0.15, 0.2) is 5.78 Å². The highest BCUT2D eigenvalue weighted by Gasteiger charge is 2.55. The zero-order valence-corrected chi connectivity index (χ0v) is 7.44. The molecule has 0 unspecified atom stereocenters. The Morgan fingerprint density at radius 2 is 1.69 bits per heavy atom. The summed E-state index contributed by atoms with van der Waals surface area (Å²) in [5, 5.41) is 0. The molecule has 2 bridgehead atoms. The molecule has 1 aromatic carbocycles. The van der Waals surface area contributed by atoms with Crippen molar-refractivity contribution >= 4 is 5.78 Å². The van der Waals surface area contributed by atoms with E-state index >= 15 is 0 Å². The first-order chi connectivity index (χ1) is 6.36. The van der Waals surface area contributed by atoms with E-state index in [1.807, 2.05) is 30.3 Å². The Labute approximate surface area is 77.8 Å². The molecule has 3 fully saturated rings. The molecule has 66 valence electrons. The van der Waals surface area contributed by atoms with E-state index in [2.05, 4.69) is 0 Å². The Kier molecular flexibility index (Phi) is 1.37. The molecule has 0 spiro atoms. The molecule has 0 N–H and O–H groups in total. The van der Waals surface area contributed by atoms with Crippen LogP contribution >= 0.6 is 0 Å². The fourth-order valence-corrected chi connectivity index (χ4v) is 2.51. The average Bonchev–Trinajstić information content (AvgIpc) is 2.00. The second kappa shape index (κ2) is 2.44. The Morgan fingerprint density at radius 3 is 2.15 bits per heavy atom. The molecule has 1 nitrogen and oxygen atoms in total. The number of Topliss-reactive ketones (excluding diaryl/α,β-unsaturated/α-hetero) is 1. The van der Waals surface area contributed by atoms with Crippen LogP contribution in [0.1, 0.15) is 23.2 Å². The second-order valence-electron chi connectivity index (χ2n) is 4.25. The highest BCUT2D eigenvalue weighted by molar-refractivity contribution is 5.99. The van der Waals surface area contributed by atoms with Crippen LogP contribution in [0.25, 0.3) is 0 Å². The minimum absolute atomic E-state index is 0.383. The first kappa shape index (κ1) is 7.31. The zero-order valence-electron chi connectivity index (χ0n) is 7.44. The SMILES string of the molecule is O=C(c1ccccc1)C1C2CC1C2. The summed E-state index contributed by atoms with van der Waals surface area (Å²) in [5.41, 5.74) is 0.905. The minimum atomic E-state index is 0.383. The monoisotopic (exact) mass is 172 g/mol. The summed E-state index contributed by atoms with van der Waals surface area (Å²) in [5.74, 6) is 2.24. The molecule has 1 heteroatoms. The van der Waals surface area contributed by atoms with E-state index in [-0.39, 0.29) is 0 Å². The maximum Gasteiger partial charge on any atom is 0.166 e. The maximum absolute atomic E-state index is 11.9. The van der Waals surface area contributed by atoms with Gasteiger partial charge in [0.2, 0.25) is 0 Å². The van der Waals surface area contributed by atoms with Gasteiger partial charge in [0.05, 0.1) is 0 Å². The van der Waals surface area contributed by atoms with Crippen molar-refractivity contribution in [2.45, 2.75) is 12.8 Å². The van der Waals surface area contributed by atoms with Crippen LogP contribution in [-0.2, 0) is 0 Å². The smallest absolute Gasteiger partial charge is 0.166 e. The van der Waals surface area contributed by atoms with Gasteiger partial charge in [0, 0.05) is 11.5 Å². The molecular formula is C12H12O. The van der Waals surface area contributed by atoms with Gasteiger partial charge in [0.25, 0.3) is 0 Å². The van der Waals surface area contributed by atoms with E-state index in [0.717, 1.165) is 17.4 Å². The molecule has 0 saturated heterocycles. The lowest BCUT2D eigenvalue weighted by atomic mass is 9.46. The molecule has 4 rings (SSSR count). The molecule has 1 aromatic rings. The third kappa shape index (κ3) is 0.902. The van der Waals surface area contributed by atoms with Crippen molar-refractivity contribution in [2.75, 3.05) is 0 Å². The predicted octanol–water partition coefficient (Wildman–Crippen LogP) is 2.53. The Morgan fingerprint density at radius 1 is 1.08 bits per heavy atom. The van der Waals surface area contributed by atoms with E-state index in [1.54, 1.807) is 0 Å². The predicted molar refractivity (Wildman–Crippen MR) is 50.5 cm³/mol. The third-order valence-corrected chi connectivity index (χ3v) is 3.59. The standard InChI is InChI=1S/C12H12O/c13-12(8-4-2-1-3-5-8)11-9-6-10(11)7-9/h1-5,9-11H,6-7H2. The molecule has 0 aromatic heterocycles. The van der Waals surface area contributed by atoms with Crippen molar-refractivity contribution < 1.29 is 4.79 Å². The average molecular weight is 172 g/mol. The van der Waals surface area contributed by atoms with Crippen LogP contribution in [-0.4, -0.2) is 5.78 Å². The molecule has 0 amide bonds. The summed E-state index contributed by atoms with van der Waals surface area (Å²) >= 11 is 0. The molecule has 3 aliphatic carbocycles. The van der Waals surface area contributed by atoms with Gasteiger partial charge >= 0.3 is 0 Å². The first-order valence-electron chi connectivity index (χ1n) is 4.95. The van der Waals surface area contributed by atoms with Crippen molar-refractivity contribution in [3.63, 3.8) is 0 Å². The van der Waals surface area contributed by atoms with Gasteiger partial charge in [-0.25, -0.2) is 0 Å². The van der Waals surface area contributed by atoms with Crippen LogP contribution in [0.15, 0.2) is 30.3 Å². The summed E-state index contributed by atoms with van der Waals surface area (Å²) in [7, 11) is 0. The van der Waals surface area contributed by atoms with Crippen LogP contribution in [0.3, 0.4) is 0 Å². The van der Waals surface area contributed by atoms with Gasteiger partial charge < -0.3 is 0 Å². The fraction of sp³-hybridized carbons (Fsp3) is 0.417. The van der Waals surface area contributed by atoms with Crippen molar-refractivity contribution in [1.29, 1.82) is 0 Å². The lowest BCUT2D eigenvalue weighted by molar-refractivity contribution is -0.0564. The highest BCUT2D eigenvalue weighted by Crippen LogP contribution is 2.59. The Bertz CT molecular complexity index is 327. The van der Waals surface area contributed by atoms with Gasteiger partial charge in [-0.05, 0) is 24.7 Å². The number of rotatable bonds is 2. The van der Waals surface area contributed by atoms with E-state index in [1.165, 1.54) is 12.8 Å². The lowest BCUT2D eigenvalue weighted by Crippen LogP contribution is -2.54. The van der Waals surface area contributed by atoms with E-state index < -0.39 is 0 Å². The normalized spacial score (nSPS) is 34.6. The van der Waals surface area contributed by atoms with Crippen LogP contribution in [0.5, 0.6) is 0 Å². The number of hydrogen-bond acceptors (Lipinski definition) is 1. The summed E-state index contributed by atoms with van der Waals surface area (Å²) in [6.45, 7) is 0. The van der Waals surface area contributed by atoms with Gasteiger partial charge in [-0.15, -0.1) is 0 Å². The number of hydrogen-bond donors (Lipinski definition) is 0. The molecule has 13 heavy (non-hydrogen) atoms. The van der Waals surface area contributed by atoms with E-state index in [4.69, 9.17) is 0 Å². The molecule has 0 radical (unpaired) electrons. The van der Waals surface area contributed by atoms with Crippen LogP contribution in [0, 0.1) is 17.8 Å². The Balaban J connectivity index is 1.83. The molecule has 3 aliphatic rings. The van der Waals surface area contributed by atoms with Gasteiger partial charge in [0.1, 0.15) is 0 Å². The van der Waals surface area contributed by atoms with Gasteiger partial charge in [-0.3, -0.25) is 4.79 Å². The summed E-state index contributed by atoms with van der Waals surface area (Å²) in [4.78, 5) is 11.9. The Hall–Kier alpha value is -1.11. The van der Waals surface area contributed by atoms with Crippen LogP contribution in [0.4, 0.5) is 0 Å². The van der Waals surface area contributed by atoms with E-state index in [9.17, 15) is 4.79 Å². The highest BCUT2D eigenvalue weighted by atomic mass is 16.1. The van der Waals surface area contributed by atoms with E-state index in [0.29, 0.717) is 11.7 Å².